The molecule has 3 rings (SSSR count). The van der Waals surface area contributed by atoms with E-state index in [9.17, 15) is 13.6 Å². The van der Waals surface area contributed by atoms with Gasteiger partial charge in [0, 0.05) is 17.3 Å². The van der Waals surface area contributed by atoms with Crippen molar-refractivity contribution < 1.29 is 13.6 Å². The number of carbonyl (C=O) groups is 1. The lowest BCUT2D eigenvalue weighted by atomic mass is 10.2. The molecule has 1 N–H and O–H groups in total. The summed E-state index contributed by atoms with van der Waals surface area (Å²) >= 11 is 0. The van der Waals surface area contributed by atoms with Crippen molar-refractivity contribution in [2.45, 2.75) is 25.4 Å². The average molecular weight is 265 g/mol. The van der Waals surface area contributed by atoms with Gasteiger partial charge in [-0.2, -0.15) is 5.10 Å². The SMILES string of the molecule is O=C(Cn1ncc2ccccc21)N[C@H]1C[C@@H]1C(F)F. The van der Waals surface area contributed by atoms with Crippen molar-refractivity contribution in [1.82, 2.24) is 15.1 Å². The van der Waals surface area contributed by atoms with Crippen LogP contribution in [0, 0.1) is 5.92 Å². The minimum Gasteiger partial charge on any atom is -0.351 e. The zero-order valence-electron chi connectivity index (χ0n) is 10.1. The summed E-state index contributed by atoms with van der Waals surface area (Å²) in [7, 11) is 0. The van der Waals surface area contributed by atoms with Gasteiger partial charge in [-0.25, -0.2) is 8.78 Å². The van der Waals surface area contributed by atoms with Gasteiger partial charge in [0.25, 0.3) is 0 Å². The predicted octanol–water partition coefficient (Wildman–Crippen LogP) is 1.81. The Morgan fingerprint density at radius 2 is 2.26 bits per heavy atom. The Labute approximate surface area is 108 Å². The first-order valence-electron chi connectivity index (χ1n) is 6.13. The van der Waals surface area contributed by atoms with Crippen LogP contribution in [0.5, 0.6) is 0 Å². The van der Waals surface area contributed by atoms with Crippen LogP contribution >= 0.6 is 0 Å². The Bertz CT molecular complexity index is 611. The molecule has 6 heteroatoms. The molecule has 0 bridgehead atoms. The summed E-state index contributed by atoms with van der Waals surface area (Å²) in [5.41, 5.74) is 0.860. The number of nitrogens with one attached hydrogen (secondary N) is 1. The van der Waals surface area contributed by atoms with Crippen LogP contribution < -0.4 is 5.32 Å². The number of hydrogen-bond acceptors (Lipinski definition) is 2. The summed E-state index contributed by atoms with van der Waals surface area (Å²) in [4.78, 5) is 11.8. The van der Waals surface area contributed by atoms with Gasteiger partial charge in [-0.15, -0.1) is 0 Å². The van der Waals surface area contributed by atoms with E-state index in [1.165, 1.54) is 0 Å². The minimum atomic E-state index is -2.35. The summed E-state index contributed by atoms with van der Waals surface area (Å²) in [6.07, 6.45) is -0.304. The molecule has 100 valence electrons. The van der Waals surface area contributed by atoms with Gasteiger partial charge in [0.1, 0.15) is 6.54 Å². The number of halogens is 2. The number of nitrogens with zero attached hydrogens (tertiary/aromatic N) is 2. The Balaban J connectivity index is 1.64. The molecule has 0 saturated heterocycles. The number of rotatable bonds is 4. The molecule has 19 heavy (non-hydrogen) atoms. The maximum atomic E-state index is 12.3. The van der Waals surface area contributed by atoms with Gasteiger partial charge in [-0.3, -0.25) is 9.48 Å². The van der Waals surface area contributed by atoms with E-state index in [0.717, 1.165) is 10.9 Å². The molecule has 1 saturated carbocycles. The summed E-state index contributed by atoms with van der Waals surface area (Å²) in [6, 6.07) is 7.16. The molecule has 2 atom stereocenters. The zero-order chi connectivity index (χ0) is 13.4. The molecule has 1 aliphatic carbocycles. The third-order valence-corrected chi connectivity index (χ3v) is 3.35. The number of hydrogen-bond donors (Lipinski definition) is 1. The average Bonchev–Trinajstić information content (AvgIpc) is 3.03. The van der Waals surface area contributed by atoms with Gasteiger partial charge in [0.15, 0.2) is 0 Å². The Hall–Kier alpha value is -1.98. The van der Waals surface area contributed by atoms with E-state index in [2.05, 4.69) is 10.4 Å². The number of benzene rings is 1. The van der Waals surface area contributed by atoms with E-state index < -0.39 is 12.3 Å². The summed E-state index contributed by atoms with van der Waals surface area (Å²) in [6.45, 7) is 0.0555. The van der Waals surface area contributed by atoms with Crippen LogP contribution in [0.15, 0.2) is 30.5 Å². The van der Waals surface area contributed by atoms with Crippen LogP contribution in [-0.4, -0.2) is 28.2 Å². The molecule has 1 aromatic heterocycles. The van der Waals surface area contributed by atoms with Crippen molar-refractivity contribution in [1.29, 1.82) is 0 Å². The van der Waals surface area contributed by atoms with Crippen LogP contribution in [-0.2, 0) is 11.3 Å². The molecular formula is C13H13F2N3O. The standard InChI is InChI=1S/C13H13F2N3O/c14-13(15)9-5-10(9)17-12(19)7-18-11-4-2-1-3-8(11)6-16-18/h1-4,6,9-10,13H,5,7H2,(H,17,19)/t9-,10-/m0/s1. The summed E-state index contributed by atoms with van der Waals surface area (Å²) in [5, 5.41) is 7.68. The lowest BCUT2D eigenvalue weighted by Crippen LogP contribution is -2.31. The highest BCUT2D eigenvalue weighted by Crippen LogP contribution is 2.35. The monoisotopic (exact) mass is 265 g/mol. The maximum absolute atomic E-state index is 12.3. The number of alkyl halides is 2. The van der Waals surface area contributed by atoms with E-state index in [1.54, 1.807) is 10.9 Å². The first-order chi connectivity index (χ1) is 9.15. The summed E-state index contributed by atoms with van der Waals surface area (Å²) < 4.78 is 26.2. The van der Waals surface area contributed by atoms with E-state index >= 15 is 0 Å². The van der Waals surface area contributed by atoms with E-state index in [0.29, 0.717) is 6.42 Å². The molecule has 4 nitrogen and oxygen atoms in total. The van der Waals surface area contributed by atoms with Crippen molar-refractivity contribution in [2.75, 3.05) is 0 Å². The van der Waals surface area contributed by atoms with Crippen LogP contribution in [0.2, 0.25) is 0 Å². The molecule has 1 heterocycles. The van der Waals surface area contributed by atoms with Crippen molar-refractivity contribution in [2.24, 2.45) is 5.92 Å². The fourth-order valence-corrected chi connectivity index (χ4v) is 2.20. The number of carbonyl (C=O) groups excluding carboxylic acids is 1. The molecule has 0 radical (unpaired) electrons. The van der Waals surface area contributed by atoms with Crippen molar-refractivity contribution in [3.05, 3.63) is 30.5 Å². The summed E-state index contributed by atoms with van der Waals surface area (Å²) in [5.74, 6) is -0.958. The Morgan fingerprint density at radius 3 is 3.00 bits per heavy atom. The fraction of sp³-hybridized carbons (Fsp3) is 0.385. The highest BCUT2D eigenvalue weighted by atomic mass is 19.3. The molecular weight excluding hydrogens is 252 g/mol. The number of amides is 1. The smallest absolute Gasteiger partial charge is 0.243 e. The topological polar surface area (TPSA) is 46.9 Å². The second-order valence-electron chi connectivity index (χ2n) is 4.77. The molecule has 0 spiro atoms. The van der Waals surface area contributed by atoms with Gasteiger partial charge < -0.3 is 5.32 Å². The van der Waals surface area contributed by atoms with Crippen LogP contribution in [0.3, 0.4) is 0 Å². The van der Waals surface area contributed by atoms with Gasteiger partial charge >= 0.3 is 0 Å². The fourth-order valence-electron chi connectivity index (χ4n) is 2.20. The highest BCUT2D eigenvalue weighted by Gasteiger charge is 2.44. The number of aromatic nitrogens is 2. The quantitative estimate of drug-likeness (QED) is 0.916. The van der Waals surface area contributed by atoms with E-state index in [-0.39, 0.29) is 18.5 Å². The van der Waals surface area contributed by atoms with Gasteiger partial charge in [-0.1, -0.05) is 18.2 Å². The molecule has 2 aromatic rings. The second-order valence-corrected chi connectivity index (χ2v) is 4.77. The number of para-hydroxylation sites is 1. The largest absolute Gasteiger partial charge is 0.351 e. The number of fused-ring (bicyclic) bond motifs is 1. The third-order valence-electron chi connectivity index (χ3n) is 3.35. The normalized spacial score (nSPS) is 21.8. The van der Waals surface area contributed by atoms with Crippen LogP contribution in [0.1, 0.15) is 6.42 Å². The predicted molar refractivity (Wildman–Crippen MR) is 65.8 cm³/mol. The van der Waals surface area contributed by atoms with Crippen LogP contribution in [0.25, 0.3) is 10.9 Å². The zero-order valence-corrected chi connectivity index (χ0v) is 10.1. The Morgan fingerprint density at radius 1 is 1.47 bits per heavy atom. The minimum absolute atomic E-state index is 0.0555. The molecule has 1 aromatic carbocycles. The first-order valence-corrected chi connectivity index (χ1v) is 6.13. The van der Waals surface area contributed by atoms with E-state index in [1.807, 2.05) is 24.3 Å². The molecule has 1 fully saturated rings. The first kappa shape index (κ1) is 12.1. The second kappa shape index (κ2) is 4.60. The van der Waals surface area contributed by atoms with Crippen LogP contribution in [0.4, 0.5) is 8.78 Å². The molecule has 1 aliphatic rings. The lowest BCUT2D eigenvalue weighted by molar-refractivity contribution is -0.122. The van der Waals surface area contributed by atoms with E-state index in [4.69, 9.17) is 0 Å². The van der Waals surface area contributed by atoms with Crippen molar-refractivity contribution in [3.63, 3.8) is 0 Å². The highest BCUT2D eigenvalue weighted by molar-refractivity contribution is 5.82. The molecule has 1 amide bonds. The van der Waals surface area contributed by atoms with Crippen molar-refractivity contribution in [3.8, 4) is 0 Å². The van der Waals surface area contributed by atoms with Gasteiger partial charge in [-0.05, 0) is 12.5 Å². The van der Waals surface area contributed by atoms with Gasteiger partial charge in [0.2, 0.25) is 12.3 Å². The van der Waals surface area contributed by atoms with Gasteiger partial charge in [0.05, 0.1) is 11.7 Å². The Kier molecular flexibility index (Phi) is 2.93. The molecule has 0 aliphatic heterocycles. The lowest BCUT2D eigenvalue weighted by Gasteiger charge is -2.05. The van der Waals surface area contributed by atoms with Crippen molar-refractivity contribution >= 4 is 16.8 Å². The maximum Gasteiger partial charge on any atom is 0.243 e. The molecule has 0 unspecified atom stereocenters. The third kappa shape index (κ3) is 2.43.